The number of esters is 2. The summed E-state index contributed by atoms with van der Waals surface area (Å²) in [5.74, 6) is -0.676. The van der Waals surface area contributed by atoms with Crippen LogP contribution in [0.1, 0.15) is 76.7 Å². The van der Waals surface area contributed by atoms with E-state index < -0.39 is 17.9 Å². The van der Waals surface area contributed by atoms with Crippen LogP contribution in [0.5, 0.6) is 5.75 Å². The summed E-state index contributed by atoms with van der Waals surface area (Å²) < 4.78 is 16.8. The first-order valence-electron chi connectivity index (χ1n) is 12.8. The van der Waals surface area contributed by atoms with Gasteiger partial charge in [-0.2, -0.15) is 0 Å². The zero-order valence-corrected chi connectivity index (χ0v) is 20.6. The van der Waals surface area contributed by atoms with Crippen LogP contribution < -0.4 is 4.74 Å². The van der Waals surface area contributed by atoms with E-state index in [1.54, 1.807) is 4.90 Å². The first kappa shape index (κ1) is 26.0. The van der Waals surface area contributed by atoms with Crippen LogP contribution >= 0.6 is 0 Å². The van der Waals surface area contributed by atoms with E-state index in [1.807, 2.05) is 18.2 Å². The number of unbranched alkanes of at least 4 members (excludes halogenated alkanes) is 1. The largest absolute Gasteiger partial charge is 0.488 e. The number of cyclic esters (lactones) is 1. The lowest BCUT2D eigenvalue weighted by Crippen LogP contribution is -2.44. The summed E-state index contributed by atoms with van der Waals surface area (Å²) in [6.07, 6.45) is 8.45. The predicted molar refractivity (Wildman–Crippen MR) is 128 cm³/mol. The topological polar surface area (TPSA) is 82.1 Å². The van der Waals surface area contributed by atoms with Gasteiger partial charge in [-0.3, -0.25) is 9.59 Å². The minimum absolute atomic E-state index is 0.0393. The molecule has 0 N–H and O–H groups in total. The van der Waals surface area contributed by atoms with Crippen LogP contribution in [-0.2, 0) is 30.3 Å². The van der Waals surface area contributed by atoms with Gasteiger partial charge in [-0.15, -0.1) is 0 Å². The molecule has 188 valence electrons. The highest BCUT2D eigenvalue weighted by molar-refractivity contribution is 5.88. The van der Waals surface area contributed by atoms with Crippen molar-refractivity contribution in [3.05, 3.63) is 29.8 Å². The van der Waals surface area contributed by atoms with E-state index in [0.29, 0.717) is 26.0 Å². The van der Waals surface area contributed by atoms with Crippen LogP contribution in [0.25, 0.3) is 0 Å². The number of hydrogen-bond donors (Lipinski definition) is 0. The molecule has 2 heterocycles. The number of aryl methyl sites for hydroxylation is 1. The van der Waals surface area contributed by atoms with Gasteiger partial charge in [0.25, 0.3) is 0 Å². The van der Waals surface area contributed by atoms with Gasteiger partial charge in [0.1, 0.15) is 17.9 Å². The first-order valence-corrected chi connectivity index (χ1v) is 12.8. The Morgan fingerprint density at radius 1 is 1.12 bits per heavy atom. The maximum atomic E-state index is 13.6. The lowest BCUT2D eigenvalue weighted by Gasteiger charge is -2.27. The Labute approximate surface area is 203 Å². The number of methoxy groups -OCH3 is 1. The lowest BCUT2D eigenvalue weighted by molar-refractivity contribution is -0.154. The summed E-state index contributed by atoms with van der Waals surface area (Å²) in [5.41, 5.74) is 1.15. The molecule has 0 aromatic heterocycles. The van der Waals surface area contributed by atoms with Crippen molar-refractivity contribution in [2.45, 2.75) is 89.7 Å². The number of nitrogens with zero attached hydrogens (tertiary/aromatic N) is 1. The smallest absolute Gasteiger partial charge is 0.328 e. The van der Waals surface area contributed by atoms with Crippen molar-refractivity contribution in [3.63, 3.8) is 0 Å². The highest BCUT2D eigenvalue weighted by atomic mass is 16.5. The van der Waals surface area contributed by atoms with Gasteiger partial charge in [0.15, 0.2) is 0 Å². The second-order valence-electron chi connectivity index (χ2n) is 9.39. The maximum absolute atomic E-state index is 13.6. The third-order valence-corrected chi connectivity index (χ3v) is 6.81. The van der Waals surface area contributed by atoms with Crippen LogP contribution in [0.15, 0.2) is 24.3 Å². The molecular weight excluding hydrogens is 434 g/mol. The summed E-state index contributed by atoms with van der Waals surface area (Å²) in [6, 6.07) is 7.31. The molecule has 0 unspecified atom stereocenters. The molecule has 7 nitrogen and oxygen atoms in total. The SMILES string of the molecule is CCCC[C@@H]1CC(=O)OCCCCCCCc2ccccc2O[C@@H]2C[C@@H](C(=O)OC)N(C2)C1=O. The maximum Gasteiger partial charge on any atom is 0.328 e. The minimum atomic E-state index is -0.711. The van der Waals surface area contributed by atoms with Gasteiger partial charge in [0, 0.05) is 12.3 Å². The summed E-state index contributed by atoms with van der Waals surface area (Å²) in [6.45, 7) is 2.74. The molecule has 0 aliphatic carbocycles. The molecule has 1 aromatic rings. The molecule has 0 spiro atoms. The molecule has 1 aromatic carbocycles. The van der Waals surface area contributed by atoms with Crippen molar-refractivity contribution >= 4 is 17.8 Å². The fraction of sp³-hybridized carbons (Fsp3) is 0.667. The molecule has 3 rings (SSSR count). The van der Waals surface area contributed by atoms with E-state index in [9.17, 15) is 14.4 Å². The van der Waals surface area contributed by atoms with Crippen LogP contribution in [0.4, 0.5) is 0 Å². The average molecular weight is 474 g/mol. The summed E-state index contributed by atoms with van der Waals surface area (Å²) in [5, 5.41) is 0. The zero-order chi connectivity index (χ0) is 24.3. The molecule has 34 heavy (non-hydrogen) atoms. The highest BCUT2D eigenvalue weighted by Gasteiger charge is 2.43. The Morgan fingerprint density at radius 3 is 2.68 bits per heavy atom. The number of fused-ring (bicyclic) bond motifs is 3. The number of ether oxygens (including phenoxy) is 3. The molecule has 0 radical (unpaired) electrons. The standard InChI is InChI=1S/C27H39NO6/c1-3-4-12-21-17-25(29)33-16-11-7-5-6-8-13-20-14-9-10-15-24(20)34-22-18-23(27(31)32-2)28(19-22)26(21)30/h9-10,14-15,21-23H,3-8,11-13,16-19H2,1-2H3/t21-,22-,23+/m1/s1. The molecule has 2 aliphatic rings. The molecule has 2 aliphatic heterocycles. The second-order valence-corrected chi connectivity index (χ2v) is 9.39. The van der Waals surface area contributed by atoms with Gasteiger partial charge in [-0.05, 0) is 37.3 Å². The monoisotopic (exact) mass is 473 g/mol. The van der Waals surface area contributed by atoms with Crippen LogP contribution in [0.2, 0.25) is 0 Å². The number of carbonyl (C=O) groups excluding carboxylic acids is 3. The fourth-order valence-electron chi connectivity index (χ4n) is 4.88. The third-order valence-electron chi connectivity index (χ3n) is 6.81. The molecule has 1 fully saturated rings. The van der Waals surface area contributed by atoms with Crippen molar-refractivity contribution in [1.82, 2.24) is 4.90 Å². The van der Waals surface area contributed by atoms with Gasteiger partial charge in [0.2, 0.25) is 5.91 Å². The predicted octanol–water partition coefficient (Wildman–Crippen LogP) is 4.45. The number of hydrogen-bond acceptors (Lipinski definition) is 6. The van der Waals surface area contributed by atoms with Crippen molar-refractivity contribution in [1.29, 1.82) is 0 Å². The van der Waals surface area contributed by atoms with Gasteiger partial charge in [-0.25, -0.2) is 4.79 Å². The quantitative estimate of drug-likeness (QED) is 0.601. The summed E-state index contributed by atoms with van der Waals surface area (Å²) in [4.78, 5) is 40.2. The molecule has 7 heteroatoms. The minimum Gasteiger partial charge on any atom is -0.488 e. The van der Waals surface area contributed by atoms with Crippen LogP contribution in [0.3, 0.4) is 0 Å². The van der Waals surface area contributed by atoms with E-state index in [-0.39, 0.29) is 24.4 Å². The molecular formula is C27H39NO6. The Morgan fingerprint density at radius 2 is 1.88 bits per heavy atom. The highest BCUT2D eigenvalue weighted by Crippen LogP contribution is 2.30. The van der Waals surface area contributed by atoms with E-state index >= 15 is 0 Å². The molecule has 3 atom stereocenters. The summed E-state index contributed by atoms with van der Waals surface area (Å²) >= 11 is 0. The number of benzene rings is 1. The van der Waals surface area contributed by atoms with Gasteiger partial charge >= 0.3 is 11.9 Å². The molecule has 1 saturated heterocycles. The second kappa shape index (κ2) is 13.4. The zero-order valence-electron chi connectivity index (χ0n) is 20.6. The van der Waals surface area contributed by atoms with E-state index in [4.69, 9.17) is 14.2 Å². The van der Waals surface area contributed by atoms with E-state index in [2.05, 4.69) is 13.0 Å². The Bertz CT molecular complexity index is 825. The summed E-state index contributed by atoms with van der Waals surface area (Å²) in [7, 11) is 1.34. The molecule has 2 bridgehead atoms. The van der Waals surface area contributed by atoms with E-state index in [1.165, 1.54) is 7.11 Å². The lowest BCUT2D eigenvalue weighted by atomic mass is 9.96. The number of carbonyl (C=O) groups is 3. The Kier molecular flexibility index (Phi) is 10.2. The van der Waals surface area contributed by atoms with Crippen LogP contribution in [-0.4, -0.2) is 55.2 Å². The van der Waals surface area contributed by atoms with Crippen molar-refractivity contribution in [3.8, 4) is 5.75 Å². The van der Waals surface area contributed by atoms with Gasteiger partial charge in [0.05, 0.1) is 26.7 Å². The third kappa shape index (κ3) is 7.21. The number of amides is 1. The molecule has 0 saturated carbocycles. The van der Waals surface area contributed by atoms with E-state index in [0.717, 1.165) is 62.7 Å². The number of para-hydroxylation sites is 1. The average Bonchev–Trinajstić information content (AvgIpc) is 3.26. The van der Waals surface area contributed by atoms with Crippen molar-refractivity contribution in [2.24, 2.45) is 5.92 Å². The Balaban J connectivity index is 1.84. The normalized spacial score (nSPS) is 24.9. The molecule has 1 amide bonds. The van der Waals surface area contributed by atoms with Crippen molar-refractivity contribution < 1.29 is 28.6 Å². The Hall–Kier alpha value is -2.57. The van der Waals surface area contributed by atoms with Crippen molar-refractivity contribution in [2.75, 3.05) is 20.3 Å². The van der Waals surface area contributed by atoms with Gasteiger partial charge in [-0.1, -0.05) is 57.2 Å². The van der Waals surface area contributed by atoms with Gasteiger partial charge < -0.3 is 19.1 Å². The number of rotatable bonds is 4. The van der Waals surface area contributed by atoms with Crippen LogP contribution in [0, 0.1) is 5.92 Å². The first-order chi connectivity index (χ1) is 16.5. The fourth-order valence-corrected chi connectivity index (χ4v) is 4.88.